The van der Waals surface area contributed by atoms with E-state index >= 15 is 0 Å². The first kappa shape index (κ1) is 13.5. The van der Waals surface area contributed by atoms with Crippen molar-refractivity contribution in [3.63, 3.8) is 0 Å². The van der Waals surface area contributed by atoms with Gasteiger partial charge < -0.3 is 0 Å². The number of carbonyl (C=O) groups is 1. The normalized spacial score (nSPS) is 11.6. The molecule has 0 atom stereocenters. The number of hydrogen-bond donors (Lipinski definition) is 0. The molecular weight excluding hydrogens is 283 g/mol. The molecule has 0 aliphatic heterocycles. The van der Waals surface area contributed by atoms with E-state index < -0.39 is 22.6 Å². The van der Waals surface area contributed by atoms with Gasteiger partial charge in [0.25, 0.3) is 0 Å². The van der Waals surface area contributed by atoms with E-state index in [0.717, 1.165) is 10.2 Å². The van der Waals surface area contributed by atoms with Crippen molar-refractivity contribution in [2.24, 2.45) is 0 Å². The Kier molecular flexibility index (Phi) is 3.32. The first-order valence-corrected chi connectivity index (χ1v) is 5.46. The molecule has 0 radical (unpaired) electrons. The van der Waals surface area contributed by atoms with Gasteiger partial charge in [0.05, 0.1) is 5.56 Å². The van der Waals surface area contributed by atoms with E-state index in [1.807, 2.05) is 0 Å². The van der Waals surface area contributed by atoms with Crippen molar-refractivity contribution in [1.29, 1.82) is 0 Å². The van der Waals surface area contributed by atoms with Crippen molar-refractivity contribution >= 4 is 17.9 Å². The summed E-state index contributed by atoms with van der Waals surface area (Å²) in [6.45, 7) is 1.78. The Labute approximate surface area is 110 Å². The van der Waals surface area contributed by atoms with Gasteiger partial charge >= 0.3 is 6.18 Å². The van der Waals surface area contributed by atoms with Crippen LogP contribution in [0.15, 0.2) is 18.3 Å². The SMILES string of the molecule is Cc1ccc(-n2nc(C(F)(F)F)c(C=O)c2Cl)nc1. The van der Waals surface area contributed by atoms with E-state index in [9.17, 15) is 18.0 Å². The van der Waals surface area contributed by atoms with Gasteiger partial charge in [-0.1, -0.05) is 17.7 Å². The second-order valence-corrected chi connectivity index (χ2v) is 4.13. The molecule has 0 unspecified atom stereocenters. The third-order valence-electron chi connectivity index (χ3n) is 2.36. The lowest BCUT2D eigenvalue weighted by Crippen LogP contribution is -2.09. The van der Waals surface area contributed by atoms with Crippen LogP contribution in [0.2, 0.25) is 5.15 Å². The zero-order valence-corrected chi connectivity index (χ0v) is 10.3. The first-order chi connectivity index (χ1) is 8.84. The summed E-state index contributed by atoms with van der Waals surface area (Å²) >= 11 is 5.74. The summed E-state index contributed by atoms with van der Waals surface area (Å²) in [4.78, 5) is 14.6. The summed E-state index contributed by atoms with van der Waals surface area (Å²) < 4.78 is 38.9. The molecule has 0 aliphatic rings. The number of hydrogen-bond acceptors (Lipinski definition) is 3. The van der Waals surface area contributed by atoms with Crippen molar-refractivity contribution in [3.8, 4) is 5.82 Å². The molecule has 0 aliphatic carbocycles. The quantitative estimate of drug-likeness (QED) is 0.798. The Morgan fingerprint density at radius 2 is 2.05 bits per heavy atom. The van der Waals surface area contributed by atoms with Crippen molar-refractivity contribution < 1.29 is 18.0 Å². The van der Waals surface area contributed by atoms with Gasteiger partial charge in [-0.25, -0.2) is 9.67 Å². The molecular formula is C11H7ClF3N3O. The van der Waals surface area contributed by atoms with Crippen molar-refractivity contribution in [2.45, 2.75) is 13.1 Å². The summed E-state index contributed by atoms with van der Waals surface area (Å²) in [5, 5.41) is 2.90. The Bertz CT molecular complexity index is 619. The summed E-state index contributed by atoms with van der Waals surface area (Å²) in [5.74, 6) is 0.106. The van der Waals surface area contributed by atoms with Crippen LogP contribution in [0.25, 0.3) is 5.82 Å². The molecule has 4 nitrogen and oxygen atoms in total. The first-order valence-electron chi connectivity index (χ1n) is 5.08. The molecule has 0 fully saturated rings. The molecule has 2 rings (SSSR count). The van der Waals surface area contributed by atoms with Gasteiger partial charge in [0.1, 0.15) is 5.15 Å². The maximum atomic E-state index is 12.7. The topological polar surface area (TPSA) is 47.8 Å². The lowest BCUT2D eigenvalue weighted by Gasteiger charge is -2.02. The monoisotopic (exact) mass is 289 g/mol. The molecule has 0 N–H and O–H groups in total. The van der Waals surface area contributed by atoms with Crippen LogP contribution >= 0.6 is 11.6 Å². The number of rotatable bonds is 2. The predicted octanol–water partition coefficient (Wildman–Crippen LogP) is 3.06. The minimum atomic E-state index is -4.75. The molecule has 2 heterocycles. The predicted molar refractivity (Wildman–Crippen MR) is 61.5 cm³/mol. The number of aldehydes is 1. The van der Waals surface area contributed by atoms with E-state index in [1.54, 1.807) is 13.0 Å². The van der Waals surface area contributed by atoms with Crippen LogP contribution in [0.1, 0.15) is 21.6 Å². The molecule has 0 saturated carbocycles. The molecule has 0 amide bonds. The molecule has 2 aromatic rings. The van der Waals surface area contributed by atoms with E-state index in [4.69, 9.17) is 11.6 Å². The largest absolute Gasteiger partial charge is 0.435 e. The second kappa shape index (κ2) is 4.65. The smallest absolute Gasteiger partial charge is 0.298 e. The van der Waals surface area contributed by atoms with Crippen LogP contribution in [-0.4, -0.2) is 21.1 Å². The number of pyridine rings is 1. The summed E-state index contributed by atoms with van der Waals surface area (Å²) in [6.07, 6.45) is -3.26. The number of aryl methyl sites for hydroxylation is 1. The third-order valence-corrected chi connectivity index (χ3v) is 2.73. The lowest BCUT2D eigenvalue weighted by atomic mass is 10.2. The van der Waals surface area contributed by atoms with Gasteiger partial charge in [-0.15, -0.1) is 0 Å². The van der Waals surface area contributed by atoms with Crippen LogP contribution in [0.5, 0.6) is 0 Å². The Hall–Kier alpha value is -1.89. The van der Waals surface area contributed by atoms with Crippen LogP contribution in [0.4, 0.5) is 13.2 Å². The van der Waals surface area contributed by atoms with Gasteiger partial charge in [0, 0.05) is 6.20 Å². The molecule has 100 valence electrons. The Morgan fingerprint density at radius 1 is 1.37 bits per heavy atom. The average molecular weight is 290 g/mol. The van der Waals surface area contributed by atoms with E-state index in [1.165, 1.54) is 12.3 Å². The lowest BCUT2D eigenvalue weighted by molar-refractivity contribution is -0.141. The number of halogens is 4. The fraction of sp³-hybridized carbons (Fsp3) is 0.182. The molecule has 0 saturated heterocycles. The standard InChI is InChI=1S/C11H7ClF3N3O/c1-6-2-3-8(16-4-6)18-10(12)7(5-19)9(17-18)11(13,14)15/h2-5H,1H3. The molecule has 0 spiro atoms. The highest BCUT2D eigenvalue weighted by Gasteiger charge is 2.39. The number of alkyl halides is 3. The number of aromatic nitrogens is 3. The van der Waals surface area contributed by atoms with Crippen molar-refractivity contribution in [2.75, 3.05) is 0 Å². The van der Waals surface area contributed by atoms with E-state index in [0.29, 0.717) is 0 Å². The van der Waals surface area contributed by atoms with Crippen LogP contribution in [-0.2, 0) is 6.18 Å². The summed E-state index contributed by atoms with van der Waals surface area (Å²) in [5.41, 5.74) is -1.19. The Morgan fingerprint density at radius 3 is 2.47 bits per heavy atom. The van der Waals surface area contributed by atoms with E-state index in [-0.39, 0.29) is 12.1 Å². The highest BCUT2D eigenvalue weighted by Crippen LogP contribution is 2.34. The zero-order chi connectivity index (χ0) is 14.2. The summed E-state index contributed by atoms with van der Waals surface area (Å²) in [6, 6.07) is 3.11. The Balaban J connectivity index is 2.63. The minimum absolute atomic E-state index is 0.0306. The van der Waals surface area contributed by atoms with Crippen LogP contribution in [0, 0.1) is 6.92 Å². The highest BCUT2D eigenvalue weighted by molar-refractivity contribution is 6.32. The molecule has 0 aromatic carbocycles. The van der Waals surface area contributed by atoms with Crippen molar-refractivity contribution in [3.05, 3.63) is 40.3 Å². The maximum absolute atomic E-state index is 12.7. The fourth-order valence-electron chi connectivity index (χ4n) is 1.46. The molecule has 2 aromatic heterocycles. The number of carbonyl (C=O) groups excluding carboxylic acids is 1. The fourth-order valence-corrected chi connectivity index (χ4v) is 1.72. The van der Waals surface area contributed by atoms with E-state index in [2.05, 4.69) is 10.1 Å². The van der Waals surface area contributed by atoms with Gasteiger partial charge in [-0.2, -0.15) is 18.3 Å². The van der Waals surface area contributed by atoms with Gasteiger partial charge in [0.2, 0.25) is 0 Å². The van der Waals surface area contributed by atoms with Gasteiger partial charge in [-0.05, 0) is 18.6 Å². The maximum Gasteiger partial charge on any atom is 0.435 e. The van der Waals surface area contributed by atoms with Crippen LogP contribution < -0.4 is 0 Å². The molecule has 0 bridgehead atoms. The number of nitrogens with zero attached hydrogens (tertiary/aromatic N) is 3. The molecule has 8 heteroatoms. The third kappa shape index (κ3) is 2.46. The van der Waals surface area contributed by atoms with Crippen molar-refractivity contribution in [1.82, 2.24) is 14.8 Å². The van der Waals surface area contributed by atoms with Gasteiger partial charge in [0.15, 0.2) is 17.8 Å². The van der Waals surface area contributed by atoms with Crippen LogP contribution in [0.3, 0.4) is 0 Å². The highest BCUT2D eigenvalue weighted by atomic mass is 35.5. The second-order valence-electron chi connectivity index (χ2n) is 3.77. The summed E-state index contributed by atoms with van der Waals surface area (Å²) in [7, 11) is 0. The van der Waals surface area contributed by atoms with Gasteiger partial charge in [-0.3, -0.25) is 4.79 Å². The minimum Gasteiger partial charge on any atom is -0.298 e. The zero-order valence-electron chi connectivity index (χ0n) is 9.57. The molecule has 19 heavy (non-hydrogen) atoms. The average Bonchev–Trinajstić information content (AvgIpc) is 2.67.